The highest BCUT2D eigenvalue weighted by molar-refractivity contribution is 6.08. The van der Waals surface area contributed by atoms with Crippen molar-refractivity contribution in [1.82, 2.24) is 0 Å². The van der Waals surface area contributed by atoms with E-state index >= 15 is 0 Å². The Labute approximate surface area is 197 Å². The molecule has 2 rings (SSSR count). The average molecular weight is 545 g/mol. The minimum Gasteiger partial charge on any atom is -0.872 e. The molecule has 4 nitrogen and oxygen atoms in total. The number of carbonyl (C=O) groups excluding carboxylic acids is 1. The summed E-state index contributed by atoms with van der Waals surface area (Å²) in [6.45, 7) is 0. The molecule has 0 saturated heterocycles. The number of alkyl halides is 12. The van der Waals surface area contributed by atoms with Crippen LogP contribution in [0, 0.1) is 22.7 Å². The maximum Gasteiger partial charge on any atom is 0.417 e. The van der Waals surface area contributed by atoms with Gasteiger partial charge in [-0.2, -0.15) is 63.2 Å². The van der Waals surface area contributed by atoms with Crippen LogP contribution in [0.2, 0.25) is 0 Å². The molecule has 16 heteroatoms. The van der Waals surface area contributed by atoms with Crippen LogP contribution in [0.4, 0.5) is 52.7 Å². The van der Waals surface area contributed by atoms with Crippen LogP contribution < -0.4 is 5.11 Å². The van der Waals surface area contributed by atoms with Crippen molar-refractivity contribution in [2.24, 2.45) is 0 Å². The van der Waals surface area contributed by atoms with Gasteiger partial charge in [-0.25, -0.2) is 0 Å². The second kappa shape index (κ2) is 9.34. The molecule has 0 aliphatic rings. The second-order valence-corrected chi connectivity index (χ2v) is 6.98. The third-order valence-electron chi connectivity index (χ3n) is 4.55. The summed E-state index contributed by atoms with van der Waals surface area (Å²) in [4.78, 5) is 12.3. The molecule has 0 aliphatic carbocycles. The Morgan fingerprint density at radius 1 is 0.622 bits per heavy atom. The predicted molar refractivity (Wildman–Crippen MR) is 94.6 cm³/mol. The average Bonchev–Trinajstić information content (AvgIpc) is 2.74. The minimum atomic E-state index is -5.61. The molecule has 0 saturated carbocycles. The Kier molecular flexibility index (Phi) is 7.33. The molecule has 2 aromatic carbocycles. The van der Waals surface area contributed by atoms with Crippen molar-refractivity contribution in [1.29, 1.82) is 10.5 Å². The van der Waals surface area contributed by atoms with Gasteiger partial charge in [-0.3, -0.25) is 4.79 Å². The van der Waals surface area contributed by atoms with E-state index in [1.54, 1.807) is 0 Å². The quantitative estimate of drug-likeness (QED) is 0.202. The van der Waals surface area contributed by atoms with Gasteiger partial charge in [0.15, 0.2) is 5.78 Å². The third kappa shape index (κ3) is 6.14. The van der Waals surface area contributed by atoms with Crippen LogP contribution in [-0.2, 0) is 24.7 Å². The fourth-order valence-corrected chi connectivity index (χ4v) is 2.99. The van der Waals surface area contributed by atoms with Gasteiger partial charge in [0, 0.05) is 5.56 Å². The Morgan fingerprint density at radius 3 is 1.14 bits per heavy atom. The number of nitriles is 2. The highest BCUT2D eigenvalue weighted by atomic mass is 19.4. The largest absolute Gasteiger partial charge is 0.872 e. The smallest absolute Gasteiger partial charge is 0.417 e. The summed E-state index contributed by atoms with van der Waals surface area (Å²) in [5.41, 5.74) is -15.7. The molecule has 37 heavy (non-hydrogen) atoms. The Hall–Kier alpha value is -4.21. The van der Waals surface area contributed by atoms with Crippen LogP contribution in [0.1, 0.15) is 49.3 Å². The Morgan fingerprint density at radius 2 is 0.892 bits per heavy atom. The van der Waals surface area contributed by atoms with Crippen molar-refractivity contribution in [3.05, 3.63) is 74.8 Å². The van der Waals surface area contributed by atoms with Gasteiger partial charge < -0.3 is 5.11 Å². The van der Waals surface area contributed by atoms with E-state index in [2.05, 4.69) is 0 Å². The molecule has 0 fully saturated rings. The van der Waals surface area contributed by atoms with Crippen LogP contribution in [0.5, 0.6) is 0 Å². The number of allylic oxidation sites excluding steroid dienone is 1. The van der Waals surface area contributed by atoms with Gasteiger partial charge >= 0.3 is 24.7 Å². The number of benzene rings is 2. The SMILES string of the molecule is N#Cc1c(C(F)(F)F)cc(C(=O)/C=C(\[O-])c2cc(C(F)(F)F)c(C#N)c(C(F)(F)F)c2)cc1C(F)(F)F. The first kappa shape index (κ1) is 29.0. The number of nitrogens with zero attached hydrogens (tertiary/aromatic N) is 2. The Bertz CT molecular complexity index is 1290. The molecule has 0 bridgehead atoms. The molecule has 0 spiro atoms. The summed E-state index contributed by atoms with van der Waals surface area (Å²) in [5, 5.41) is 29.8. The minimum absolute atomic E-state index is 0.235. The van der Waals surface area contributed by atoms with E-state index in [0.29, 0.717) is 12.1 Å². The van der Waals surface area contributed by atoms with E-state index < -0.39 is 80.8 Å². The molecule has 0 aliphatic heterocycles. The summed E-state index contributed by atoms with van der Waals surface area (Å²) in [6.07, 6.45) is -22.8. The molecule has 0 N–H and O–H groups in total. The third-order valence-corrected chi connectivity index (χ3v) is 4.55. The van der Waals surface area contributed by atoms with E-state index in [1.807, 2.05) is 0 Å². The van der Waals surface area contributed by atoms with E-state index in [4.69, 9.17) is 10.5 Å². The molecule has 0 heterocycles. The van der Waals surface area contributed by atoms with E-state index in [1.165, 1.54) is 0 Å². The zero-order valence-corrected chi connectivity index (χ0v) is 17.1. The number of ketones is 1. The number of carbonyl (C=O) groups is 1. The maximum atomic E-state index is 13.2. The van der Waals surface area contributed by atoms with Gasteiger partial charge in [-0.05, 0) is 35.9 Å². The van der Waals surface area contributed by atoms with Gasteiger partial charge in [0.2, 0.25) is 0 Å². The zero-order chi connectivity index (χ0) is 28.7. The summed E-state index contributed by atoms with van der Waals surface area (Å²) < 4.78 is 159. The summed E-state index contributed by atoms with van der Waals surface area (Å²) >= 11 is 0. The van der Waals surface area contributed by atoms with Crippen LogP contribution >= 0.6 is 0 Å². The standard InChI is InChI=1S/C21H6F12N2O2/c22-18(23,24)12-1-8(2-13(10(12)6-34)19(25,26)27)16(36)5-17(37)9-3-14(20(28,29)30)11(7-35)15(4-9)21(31,32)33/h1-5,36H/p-1/b16-5-. The van der Waals surface area contributed by atoms with Crippen LogP contribution in [-0.4, -0.2) is 5.78 Å². The highest BCUT2D eigenvalue weighted by Crippen LogP contribution is 2.42. The monoisotopic (exact) mass is 545 g/mol. The first-order valence-corrected chi connectivity index (χ1v) is 9.01. The molecule has 0 aromatic heterocycles. The van der Waals surface area contributed by atoms with Gasteiger partial charge in [-0.1, -0.05) is 5.76 Å². The van der Waals surface area contributed by atoms with Gasteiger partial charge in [0.25, 0.3) is 0 Å². The molecule has 0 radical (unpaired) electrons. The fraction of sp³-hybridized carbons (Fsp3) is 0.190. The first-order valence-electron chi connectivity index (χ1n) is 9.01. The summed E-state index contributed by atoms with van der Waals surface area (Å²) in [7, 11) is 0. The van der Waals surface area contributed by atoms with Crippen molar-refractivity contribution in [2.75, 3.05) is 0 Å². The maximum absolute atomic E-state index is 13.2. The first-order chi connectivity index (χ1) is 16.6. The van der Waals surface area contributed by atoms with Gasteiger partial charge in [-0.15, -0.1) is 0 Å². The van der Waals surface area contributed by atoms with Crippen molar-refractivity contribution >= 4 is 11.5 Å². The normalized spacial score (nSPS) is 13.2. The van der Waals surface area contributed by atoms with Gasteiger partial charge in [0.1, 0.15) is 12.1 Å². The molecule has 0 unspecified atom stereocenters. The lowest BCUT2D eigenvalue weighted by molar-refractivity contribution is -0.243. The lowest BCUT2D eigenvalue weighted by atomic mass is 9.94. The number of hydrogen-bond acceptors (Lipinski definition) is 4. The zero-order valence-electron chi connectivity index (χ0n) is 17.1. The molecule has 0 amide bonds. The number of hydrogen-bond donors (Lipinski definition) is 0. The van der Waals surface area contributed by atoms with E-state index in [-0.39, 0.29) is 30.3 Å². The summed E-state index contributed by atoms with van der Waals surface area (Å²) in [5.74, 6) is -3.92. The van der Waals surface area contributed by atoms with Crippen molar-refractivity contribution < 1.29 is 62.6 Å². The number of halogens is 12. The summed E-state index contributed by atoms with van der Waals surface area (Å²) in [6, 6.07) is 0.447. The van der Waals surface area contributed by atoms with Crippen LogP contribution in [0.25, 0.3) is 5.76 Å². The number of rotatable bonds is 3. The van der Waals surface area contributed by atoms with E-state index in [0.717, 1.165) is 0 Å². The van der Waals surface area contributed by atoms with Crippen LogP contribution in [0.15, 0.2) is 30.3 Å². The van der Waals surface area contributed by atoms with Crippen molar-refractivity contribution in [2.45, 2.75) is 24.7 Å². The predicted octanol–water partition coefficient (Wildman–Crippen LogP) is 6.09. The fourth-order valence-electron chi connectivity index (χ4n) is 2.99. The Balaban J connectivity index is 2.80. The van der Waals surface area contributed by atoms with Crippen molar-refractivity contribution in [3.63, 3.8) is 0 Å². The topological polar surface area (TPSA) is 87.7 Å². The molecular weight excluding hydrogens is 540 g/mol. The molecule has 196 valence electrons. The molecule has 2 aromatic rings. The second-order valence-electron chi connectivity index (χ2n) is 6.98. The molecular formula is C21H5F12N2O2-. The highest BCUT2D eigenvalue weighted by Gasteiger charge is 2.43. The van der Waals surface area contributed by atoms with Crippen LogP contribution in [0.3, 0.4) is 0 Å². The lowest BCUT2D eigenvalue weighted by Crippen LogP contribution is -2.18. The lowest BCUT2D eigenvalue weighted by Gasteiger charge is -2.20. The van der Waals surface area contributed by atoms with Gasteiger partial charge in [0.05, 0.1) is 33.4 Å². The van der Waals surface area contributed by atoms with Crippen molar-refractivity contribution in [3.8, 4) is 12.1 Å². The molecule has 0 atom stereocenters. The van der Waals surface area contributed by atoms with E-state index in [9.17, 15) is 62.6 Å².